The van der Waals surface area contributed by atoms with E-state index in [0.717, 1.165) is 30.0 Å². The fourth-order valence-corrected chi connectivity index (χ4v) is 1.99. The molecule has 0 N–H and O–H groups in total. The molecule has 1 aliphatic heterocycles. The number of carbonyl (C=O) groups is 1. The minimum Gasteiger partial charge on any atom is -0.360 e. The van der Waals surface area contributed by atoms with Crippen molar-refractivity contribution in [2.75, 3.05) is 33.7 Å². The van der Waals surface area contributed by atoms with Crippen LogP contribution in [0.3, 0.4) is 0 Å². The number of carbonyl (C=O) groups excluding carboxylic acids is 1. The van der Waals surface area contributed by atoms with Crippen molar-refractivity contribution in [2.45, 2.75) is 0 Å². The molecule has 0 aromatic heterocycles. The minimum absolute atomic E-state index is 0.118. The highest BCUT2D eigenvalue weighted by Crippen LogP contribution is 2.21. The SMILES string of the molecule is C=C(c1ccc(N=[N+]=NC)cc1)N1CCN(C)C(=O)C1. The van der Waals surface area contributed by atoms with Crippen LogP contribution in [0.2, 0.25) is 0 Å². The van der Waals surface area contributed by atoms with Gasteiger partial charge in [0.1, 0.15) is 12.2 Å². The Labute approximate surface area is 118 Å². The Bertz CT molecular complexity index is 572. The van der Waals surface area contributed by atoms with Crippen LogP contribution in [-0.4, -0.2) is 49.4 Å². The second kappa shape index (κ2) is 6.12. The molecule has 0 bridgehead atoms. The number of hydrogen-bond donors (Lipinski definition) is 0. The van der Waals surface area contributed by atoms with Crippen molar-refractivity contribution in [3.8, 4) is 0 Å². The van der Waals surface area contributed by atoms with Crippen LogP contribution in [-0.2, 0) is 4.79 Å². The second-order valence-corrected chi connectivity index (χ2v) is 4.62. The quantitative estimate of drug-likeness (QED) is 0.620. The third-order valence-corrected chi connectivity index (χ3v) is 3.29. The first-order chi connectivity index (χ1) is 9.61. The number of hydrogen-bond acceptors (Lipinski definition) is 4. The molecule has 0 radical (unpaired) electrons. The summed E-state index contributed by atoms with van der Waals surface area (Å²) in [7, 11) is 3.39. The molecule has 0 aliphatic carbocycles. The standard InChI is InChI=1S/C14H18N5O/c1-11(19-9-8-18(3)14(20)10-19)12-4-6-13(7-5-12)16-17-15-2/h4-7H,1,8-10H2,2-3H3/q+1. The predicted molar refractivity (Wildman–Crippen MR) is 77.3 cm³/mol. The van der Waals surface area contributed by atoms with Crippen LogP contribution in [0.4, 0.5) is 5.69 Å². The first-order valence-corrected chi connectivity index (χ1v) is 6.40. The van der Waals surface area contributed by atoms with E-state index in [1.165, 1.54) is 0 Å². The van der Waals surface area contributed by atoms with Crippen molar-refractivity contribution >= 4 is 17.3 Å². The van der Waals surface area contributed by atoms with E-state index in [2.05, 4.69) is 21.7 Å². The average molecular weight is 272 g/mol. The van der Waals surface area contributed by atoms with Crippen LogP contribution >= 0.6 is 0 Å². The molecule has 20 heavy (non-hydrogen) atoms. The molecule has 104 valence electrons. The van der Waals surface area contributed by atoms with Crippen LogP contribution in [0.5, 0.6) is 0 Å². The van der Waals surface area contributed by atoms with Gasteiger partial charge in [-0.05, 0) is 17.7 Å². The van der Waals surface area contributed by atoms with E-state index in [4.69, 9.17) is 0 Å². The number of rotatable bonds is 3. The summed E-state index contributed by atoms with van der Waals surface area (Å²) in [4.78, 5) is 19.0. The van der Waals surface area contributed by atoms with E-state index in [0.29, 0.717) is 6.54 Å². The van der Waals surface area contributed by atoms with Gasteiger partial charge >= 0.3 is 0 Å². The highest BCUT2D eigenvalue weighted by molar-refractivity contribution is 5.81. The van der Waals surface area contributed by atoms with Gasteiger partial charge in [-0.3, -0.25) is 4.79 Å². The summed E-state index contributed by atoms with van der Waals surface area (Å²) in [6.07, 6.45) is 0. The molecule has 0 spiro atoms. The number of nitrogens with zero attached hydrogens (tertiary/aromatic N) is 5. The summed E-state index contributed by atoms with van der Waals surface area (Å²) in [5.74, 6) is 0.118. The van der Waals surface area contributed by atoms with Crippen LogP contribution in [0.25, 0.3) is 5.70 Å². The van der Waals surface area contributed by atoms with Gasteiger partial charge in [-0.2, -0.15) is 0 Å². The van der Waals surface area contributed by atoms with Gasteiger partial charge < -0.3 is 9.80 Å². The molecule has 6 nitrogen and oxygen atoms in total. The lowest BCUT2D eigenvalue weighted by Crippen LogP contribution is -2.47. The lowest BCUT2D eigenvalue weighted by atomic mass is 10.1. The third kappa shape index (κ3) is 3.10. The normalized spacial score (nSPS) is 14.8. The molecule has 0 atom stereocenters. The van der Waals surface area contributed by atoms with Gasteiger partial charge in [-0.25, -0.2) is 0 Å². The zero-order valence-corrected chi connectivity index (χ0v) is 11.8. The van der Waals surface area contributed by atoms with E-state index in [9.17, 15) is 4.79 Å². The molecule has 1 amide bonds. The van der Waals surface area contributed by atoms with E-state index in [-0.39, 0.29) is 5.91 Å². The average Bonchev–Trinajstić information content (AvgIpc) is 2.48. The van der Waals surface area contributed by atoms with Crippen LogP contribution in [0.1, 0.15) is 5.56 Å². The summed E-state index contributed by atoms with van der Waals surface area (Å²) in [6.45, 7) is 5.99. The molecule has 6 heteroatoms. The van der Waals surface area contributed by atoms with Gasteiger partial charge in [-0.1, -0.05) is 18.7 Å². The summed E-state index contributed by atoms with van der Waals surface area (Å²) in [6, 6.07) is 7.56. The molecule has 1 fully saturated rings. The Morgan fingerprint density at radius 1 is 1.30 bits per heavy atom. The predicted octanol–water partition coefficient (Wildman–Crippen LogP) is 1.66. The van der Waals surface area contributed by atoms with Gasteiger partial charge in [0.25, 0.3) is 0 Å². The summed E-state index contributed by atoms with van der Waals surface area (Å²) < 4.78 is 0. The third-order valence-electron chi connectivity index (χ3n) is 3.29. The summed E-state index contributed by atoms with van der Waals surface area (Å²) >= 11 is 0. The highest BCUT2D eigenvalue weighted by atomic mass is 16.2. The maximum atomic E-state index is 11.7. The lowest BCUT2D eigenvalue weighted by molar-refractivity contribution is -0.133. The molecule has 1 aliphatic rings. The van der Waals surface area contributed by atoms with Crippen LogP contribution in [0, 0.1) is 0 Å². The van der Waals surface area contributed by atoms with Gasteiger partial charge in [-0.15, -0.1) is 0 Å². The number of amides is 1. The highest BCUT2D eigenvalue weighted by Gasteiger charge is 2.22. The van der Waals surface area contributed by atoms with Crippen molar-refractivity contribution in [3.05, 3.63) is 36.4 Å². The molecule has 1 aromatic carbocycles. The Morgan fingerprint density at radius 2 is 2.00 bits per heavy atom. The first kappa shape index (κ1) is 14.0. The topological polar surface area (TPSA) is 62.4 Å². The summed E-state index contributed by atoms with van der Waals surface area (Å²) in [5.41, 5.74) is 2.58. The zero-order chi connectivity index (χ0) is 14.5. The van der Waals surface area contributed by atoms with Gasteiger partial charge in [0.05, 0.1) is 6.54 Å². The van der Waals surface area contributed by atoms with Gasteiger partial charge in [0.15, 0.2) is 10.8 Å². The van der Waals surface area contributed by atoms with Gasteiger partial charge in [0.2, 0.25) is 10.8 Å². The number of benzene rings is 1. The monoisotopic (exact) mass is 272 g/mol. The molecular formula is C14H18N5O+. The van der Waals surface area contributed by atoms with Gasteiger partial charge in [0, 0.05) is 25.8 Å². The molecular weight excluding hydrogens is 254 g/mol. The largest absolute Gasteiger partial charge is 0.360 e. The van der Waals surface area contributed by atoms with Crippen molar-refractivity contribution in [2.24, 2.45) is 10.2 Å². The van der Waals surface area contributed by atoms with Crippen LogP contribution in [0.15, 0.2) is 41.1 Å². The van der Waals surface area contributed by atoms with E-state index in [1.807, 2.05) is 36.2 Å². The second-order valence-electron chi connectivity index (χ2n) is 4.62. The van der Waals surface area contributed by atoms with E-state index >= 15 is 0 Å². The number of piperazine rings is 1. The van der Waals surface area contributed by atoms with Crippen molar-refractivity contribution < 1.29 is 4.79 Å². The molecule has 0 unspecified atom stereocenters. The maximum Gasteiger partial charge on any atom is 0.241 e. The van der Waals surface area contributed by atoms with Crippen molar-refractivity contribution in [1.82, 2.24) is 14.7 Å². The Morgan fingerprint density at radius 3 is 2.60 bits per heavy atom. The van der Waals surface area contributed by atoms with Crippen molar-refractivity contribution in [3.63, 3.8) is 0 Å². The minimum atomic E-state index is 0.118. The zero-order valence-electron chi connectivity index (χ0n) is 11.8. The molecule has 1 aromatic rings. The Kier molecular flexibility index (Phi) is 4.27. The number of likely N-dealkylation sites (N-methyl/N-ethyl adjacent to an activating group) is 1. The van der Waals surface area contributed by atoms with Crippen LogP contribution < -0.4 is 4.91 Å². The Balaban J connectivity index is 2.09. The van der Waals surface area contributed by atoms with E-state index in [1.54, 1.807) is 11.9 Å². The Hall–Kier alpha value is -2.46. The molecule has 1 heterocycles. The fourth-order valence-electron chi connectivity index (χ4n) is 1.99. The molecule has 0 saturated carbocycles. The summed E-state index contributed by atoms with van der Waals surface area (Å²) in [5, 5.41) is 7.48. The molecule has 1 saturated heterocycles. The fraction of sp³-hybridized carbons (Fsp3) is 0.357. The lowest BCUT2D eigenvalue weighted by Gasteiger charge is -2.34. The molecule has 2 rings (SSSR count). The van der Waals surface area contributed by atoms with Crippen molar-refractivity contribution in [1.29, 1.82) is 0 Å². The van der Waals surface area contributed by atoms with E-state index < -0.39 is 0 Å². The first-order valence-electron chi connectivity index (χ1n) is 6.40. The smallest absolute Gasteiger partial charge is 0.241 e. The maximum absolute atomic E-state index is 11.7.